The number of benzene rings is 1. The summed E-state index contributed by atoms with van der Waals surface area (Å²) in [5, 5.41) is 0. The predicted octanol–water partition coefficient (Wildman–Crippen LogP) is 3.13. The largest absolute Gasteiger partial charge is 0.431 e. The van der Waals surface area contributed by atoms with Crippen molar-refractivity contribution in [1.82, 2.24) is 9.88 Å². The number of carbonyl (C=O) groups is 2. The van der Waals surface area contributed by atoms with Crippen molar-refractivity contribution in [3.63, 3.8) is 0 Å². The number of H-pyrrole nitrogens is 1. The van der Waals surface area contributed by atoms with Crippen molar-refractivity contribution in [3.05, 3.63) is 69.6 Å². The van der Waals surface area contributed by atoms with Gasteiger partial charge in [0.1, 0.15) is 11.3 Å². The molecule has 0 saturated carbocycles. The van der Waals surface area contributed by atoms with E-state index in [4.69, 9.17) is 0 Å². The lowest BCUT2D eigenvalue weighted by Crippen LogP contribution is -2.44. The minimum atomic E-state index is -4.70. The maximum Gasteiger partial charge on any atom is 0.431 e. The summed E-state index contributed by atoms with van der Waals surface area (Å²) in [7, 11) is 0. The first-order valence-electron chi connectivity index (χ1n) is 8.46. The number of likely N-dealkylation sites (tertiary alicyclic amines) is 1. The second kappa shape index (κ2) is 7.38. The van der Waals surface area contributed by atoms with E-state index < -0.39 is 29.3 Å². The Hall–Kier alpha value is -2.90. The van der Waals surface area contributed by atoms with Crippen LogP contribution >= 0.6 is 0 Å². The second-order valence-corrected chi connectivity index (χ2v) is 6.43. The first kappa shape index (κ1) is 18.9. The van der Waals surface area contributed by atoms with Crippen LogP contribution in [0.25, 0.3) is 0 Å². The van der Waals surface area contributed by atoms with Crippen LogP contribution < -0.4 is 5.56 Å². The Kier molecular flexibility index (Phi) is 5.16. The van der Waals surface area contributed by atoms with Gasteiger partial charge in [-0.2, -0.15) is 13.2 Å². The minimum absolute atomic E-state index is 0.0885. The summed E-state index contributed by atoms with van der Waals surface area (Å²) in [4.78, 5) is 40.2. The number of ketones is 1. The summed E-state index contributed by atoms with van der Waals surface area (Å²) in [5.74, 6) is -1.16. The maximum atomic E-state index is 12.7. The molecule has 1 unspecified atom stereocenters. The quantitative estimate of drug-likeness (QED) is 0.835. The molecule has 1 fully saturated rings. The summed E-state index contributed by atoms with van der Waals surface area (Å²) >= 11 is 0. The van der Waals surface area contributed by atoms with Gasteiger partial charge in [-0.3, -0.25) is 14.4 Å². The standard InChI is InChI=1S/C19H17F3N2O3/c20-19(21,22)15-9-8-14(17(26)23-15)18(27)24-10-4-7-13(11-24)16(25)12-5-2-1-3-6-12/h1-3,5-6,8-9,13H,4,7,10-11H2,(H,23,26). The Morgan fingerprint density at radius 3 is 2.41 bits per heavy atom. The summed E-state index contributed by atoms with van der Waals surface area (Å²) in [6.07, 6.45) is -3.51. The highest BCUT2D eigenvalue weighted by Crippen LogP contribution is 2.27. The molecule has 1 amide bonds. The van der Waals surface area contributed by atoms with E-state index in [2.05, 4.69) is 0 Å². The molecule has 8 heteroatoms. The number of hydrogen-bond donors (Lipinski definition) is 1. The zero-order valence-corrected chi connectivity index (χ0v) is 14.3. The van der Waals surface area contributed by atoms with Gasteiger partial charge >= 0.3 is 6.18 Å². The number of halogens is 3. The van der Waals surface area contributed by atoms with E-state index in [9.17, 15) is 27.6 Å². The van der Waals surface area contributed by atoms with E-state index >= 15 is 0 Å². The van der Waals surface area contributed by atoms with E-state index in [1.807, 2.05) is 0 Å². The van der Waals surface area contributed by atoms with Crippen LogP contribution in [0.5, 0.6) is 0 Å². The van der Waals surface area contributed by atoms with Gasteiger partial charge in [-0.15, -0.1) is 0 Å². The Balaban J connectivity index is 1.77. The normalized spacial score (nSPS) is 17.6. The molecule has 1 aliphatic heterocycles. The van der Waals surface area contributed by atoms with Crippen molar-refractivity contribution >= 4 is 11.7 Å². The number of carbonyl (C=O) groups excluding carboxylic acids is 2. The van der Waals surface area contributed by atoms with Gasteiger partial charge in [0.15, 0.2) is 5.78 Å². The number of alkyl halides is 3. The summed E-state index contributed by atoms with van der Waals surface area (Å²) in [6.45, 7) is 0.477. The van der Waals surface area contributed by atoms with Crippen LogP contribution in [0.3, 0.4) is 0 Å². The van der Waals surface area contributed by atoms with E-state index in [0.717, 1.165) is 6.07 Å². The molecular formula is C19H17F3N2O3. The number of amides is 1. The van der Waals surface area contributed by atoms with Crippen LogP contribution in [0, 0.1) is 5.92 Å². The van der Waals surface area contributed by atoms with Crippen LogP contribution in [-0.2, 0) is 6.18 Å². The van der Waals surface area contributed by atoms with Gasteiger partial charge in [0, 0.05) is 24.6 Å². The smallest absolute Gasteiger partial charge is 0.338 e. The molecule has 0 spiro atoms. The SMILES string of the molecule is O=C(c1ccccc1)C1CCCN(C(=O)c2ccc(C(F)(F)F)[nH]c2=O)C1. The zero-order chi connectivity index (χ0) is 19.6. The van der Waals surface area contributed by atoms with Gasteiger partial charge < -0.3 is 9.88 Å². The Bertz CT molecular complexity index is 906. The molecule has 5 nitrogen and oxygen atoms in total. The van der Waals surface area contributed by atoms with Gasteiger partial charge in [-0.1, -0.05) is 30.3 Å². The number of nitrogens with one attached hydrogen (secondary N) is 1. The number of nitrogens with zero attached hydrogens (tertiary/aromatic N) is 1. The molecular weight excluding hydrogens is 361 g/mol. The van der Waals surface area contributed by atoms with Gasteiger partial charge in [0.05, 0.1) is 0 Å². The number of Topliss-reactive ketones (excluding diaryl/α,β-unsaturated/α-hetero) is 1. The number of aromatic nitrogens is 1. The van der Waals surface area contributed by atoms with Gasteiger partial charge in [0.25, 0.3) is 11.5 Å². The van der Waals surface area contributed by atoms with Crippen molar-refractivity contribution in [1.29, 1.82) is 0 Å². The monoisotopic (exact) mass is 378 g/mol. The lowest BCUT2D eigenvalue weighted by atomic mass is 9.90. The number of rotatable bonds is 3. The molecule has 27 heavy (non-hydrogen) atoms. The Morgan fingerprint density at radius 1 is 1.07 bits per heavy atom. The van der Waals surface area contributed by atoms with Crippen LogP contribution in [0.1, 0.15) is 39.3 Å². The summed E-state index contributed by atoms with van der Waals surface area (Å²) in [6, 6.07) is 10.2. The molecule has 0 radical (unpaired) electrons. The van der Waals surface area contributed by atoms with Crippen LogP contribution in [0.4, 0.5) is 13.2 Å². The molecule has 1 atom stereocenters. The highest BCUT2D eigenvalue weighted by Gasteiger charge is 2.34. The molecule has 1 aromatic heterocycles. The minimum Gasteiger partial charge on any atom is -0.338 e. The first-order chi connectivity index (χ1) is 12.8. The average Bonchev–Trinajstić information content (AvgIpc) is 2.67. The number of aromatic amines is 1. The van der Waals surface area contributed by atoms with E-state index in [0.29, 0.717) is 31.0 Å². The number of hydrogen-bond acceptors (Lipinski definition) is 3. The highest BCUT2D eigenvalue weighted by molar-refractivity contribution is 5.99. The molecule has 0 aliphatic carbocycles. The molecule has 1 N–H and O–H groups in total. The van der Waals surface area contributed by atoms with E-state index in [-0.39, 0.29) is 17.9 Å². The lowest BCUT2D eigenvalue weighted by Gasteiger charge is -2.32. The topological polar surface area (TPSA) is 70.2 Å². The molecule has 1 aromatic carbocycles. The fraction of sp³-hybridized carbons (Fsp3) is 0.316. The third kappa shape index (κ3) is 4.10. The average molecular weight is 378 g/mol. The van der Waals surface area contributed by atoms with Crippen molar-refractivity contribution in [2.75, 3.05) is 13.1 Å². The fourth-order valence-electron chi connectivity index (χ4n) is 3.19. The van der Waals surface area contributed by atoms with E-state index in [1.165, 1.54) is 4.90 Å². The maximum absolute atomic E-state index is 12.7. The molecule has 142 valence electrons. The third-order valence-electron chi connectivity index (χ3n) is 4.58. The van der Waals surface area contributed by atoms with Gasteiger partial charge in [-0.05, 0) is 25.0 Å². The molecule has 2 aromatic rings. The van der Waals surface area contributed by atoms with Crippen molar-refractivity contribution in [3.8, 4) is 0 Å². The molecule has 1 saturated heterocycles. The van der Waals surface area contributed by atoms with E-state index in [1.54, 1.807) is 35.3 Å². The van der Waals surface area contributed by atoms with Crippen molar-refractivity contribution < 1.29 is 22.8 Å². The number of piperidine rings is 1. The second-order valence-electron chi connectivity index (χ2n) is 6.43. The predicted molar refractivity (Wildman–Crippen MR) is 91.5 cm³/mol. The zero-order valence-electron chi connectivity index (χ0n) is 14.3. The summed E-state index contributed by atoms with van der Waals surface area (Å²) in [5.41, 5.74) is -2.12. The van der Waals surface area contributed by atoms with Gasteiger partial charge in [0.2, 0.25) is 0 Å². The summed E-state index contributed by atoms with van der Waals surface area (Å²) < 4.78 is 38.0. The van der Waals surface area contributed by atoms with Crippen LogP contribution in [0.2, 0.25) is 0 Å². The highest BCUT2D eigenvalue weighted by atomic mass is 19.4. The molecule has 2 heterocycles. The van der Waals surface area contributed by atoms with Crippen molar-refractivity contribution in [2.24, 2.45) is 5.92 Å². The fourth-order valence-corrected chi connectivity index (χ4v) is 3.19. The van der Waals surface area contributed by atoms with Crippen LogP contribution in [0.15, 0.2) is 47.3 Å². The molecule has 3 rings (SSSR count). The van der Waals surface area contributed by atoms with Gasteiger partial charge in [-0.25, -0.2) is 0 Å². The number of pyridine rings is 1. The molecule has 1 aliphatic rings. The van der Waals surface area contributed by atoms with Crippen LogP contribution in [-0.4, -0.2) is 34.7 Å². The molecule has 0 bridgehead atoms. The third-order valence-corrected chi connectivity index (χ3v) is 4.58. The Labute approximate surface area is 152 Å². The lowest BCUT2D eigenvalue weighted by molar-refractivity contribution is -0.141. The first-order valence-corrected chi connectivity index (χ1v) is 8.46. The Morgan fingerprint density at radius 2 is 1.78 bits per heavy atom. The van der Waals surface area contributed by atoms with Crippen molar-refractivity contribution in [2.45, 2.75) is 19.0 Å².